The summed E-state index contributed by atoms with van der Waals surface area (Å²) in [6.07, 6.45) is -7.26. The minimum atomic E-state index is -2.07. The summed E-state index contributed by atoms with van der Waals surface area (Å²) in [5, 5.41) is 46.7. The van der Waals surface area contributed by atoms with Crippen molar-refractivity contribution < 1.29 is 49.0 Å². The molecule has 10 heteroatoms. The molecule has 1 unspecified atom stereocenters. The Morgan fingerprint density at radius 1 is 1.08 bits per heavy atom. The van der Waals surface area contributed by atoms with Crippen molar-refractivity contribution in [1.29, 1.82) is 0 Å². The highest BCUT2D eigenvalue weighted by Crippen LogP contribution is 2.63. The Bertz CT molecular complexity index is 1240. The molecule has 0 amide bonds. The summed E-state index contributed by atoms with van der Waals surface area (Å²) >= 11 is 0. The average molecular weight is 545 g/mol. The van der Waals surface area contributed by atoms with E-state index in [1.807, 2.05) is 0 Å². The predicted octanol–water partition coefficient (Wildman–Crippen LogP) is 1.08. The van der Waals surface area contributed by atoms with E-state index in [-0.39, 0.29) is 30.6 Å². The van der Waals surface area contributed by atoms with Gasteiger partial charge in [-0.3, -0.25) is 9.59 Å². The topological polar surface area (TPSA) is 160 Å². The third kappa shape index (κ3) is 3.62. The monoisotopic (exact) mass is 544 g/mol. The summed E-state index contributed by atoms with van der Waals surface area (Å²) in [6.45, 7) is 7.29. The second kappa shape index (κ2) is 8.94. The van der Waals surface area contributed by atoms with Gasteiger partial charge in [-0.2, -0.15) is 0 Å². The maximum atomic E-state index is 14.3. The smallest absolute Gasteiger partial charge is 0.338 e. The van der Waals surface area contributed by atoms with Crippen molar-refractivity contribution in [2.45, 2.75) is 89.2 Å². The van der Waals surface area contributed by atoms with Crippen LogP contribution in [0.25, 0.3) is 0 Å². The van der Waals surface area contributed by atoms with Crippen LogP contribution in [0.2, 0.25) is 0 Å². The van der Waals surface area contributed by atoms with E-state index in [9.17, 15) is 34.8 Å². The van der Waals surface area contributed by atoms with Crippen molar-refractivity contribution in [2.24, 2.45) is 16.7 Å². The molecule has 3 aliphatic carbocycles. The standard InChI is InChI=1S/C29H36O10/c1-14-17(31)12-29(36)24(38-25(35)16-9-7-6-8-10-16)22-27(5,23(34)21(33)20(14)26(29,3)4)18(32)11-19-28(22,13-37-19)39-15(2)30/h6-10,17-19,21-22,24,31-33,36H,11-13H2,1-5H3/t17-,18+,19+,21-,22?,24+,27+,28+,29-/m1/s1. The molecular formula is C29H36O10. The molecule has 0 aromatic heterocycles. The summed E-state index contributed by atoms with van der Waals surface area (Å²) in [5.41, 5.74) is -6.24. The lowest BCUT2D eigenvalue weighted by Gasteiger charge is -2.67. The van der Waals surface area contributed by atoms with Gasteiger partial charge in [0.25, 0.3) is 0 Å². The molecule has 39 heavy (non-hydrogen) atoms. The number of hydrogen-bond acceptors (Lipinski definition) is 10. The van der Waals surface area contributed by atoms with E-state index in [2.05, 4.69) is 0 Å². The quantitative estimate of drug-likeness (QED) is 0.320. The van der Waals surface area contributed by atoms with Gasteiger partial charge < -0.3 is 34.6 Å². The molecule has 10 nitrogen and oxygen atoms in total. The van der Waals surface area contributed by atoms with Crippen LogP contribution in [0, 0.1) is 16.7 Å². The highest BCUT2D eigenvalue weighted by Gasteiger charge is 2.77. The van der Waals surface area contributed by atoms with Gasteiger partial charge in [0.1, 0.15) is 23.9 Å². The van der Waals surface area contributed by atoms with E-state index in [1.165, 1.54) is 26.0 Å². The first-order valence-electron chi connectivity index (χ1n) is 13.2. The minimum Gasteiger partial charge on any atom is -0.455 e. The van der Waals surface area contributed by atoms with Crippen LogP contribution < -0.4 is 0 Å². The molecule has 1 aliphatic heterocycles. The fourth-order valence-electron chi connectivity index (χ4n) is 7.66. The zero-order chi connectivity index (χ0) is 28.7. The molecule has 2 saturated carbocycles. The Balaban J connectivity index is 1.81. The van der Waals surface area contributed by atoms with Gasteiger partial charge in [-0.1, -0.05) is 32.0 Å². The Hall–Kier alpha value is -2.63. The zero-order valence-electron chi connectivity index (χ0n) is 22.7. The largest absolute Gasteiger partial charge is 0.455 e. The number of benzene rings is 1. The number of fused-ring (bicyclic) bond motifs is 5. The van der Waals surface area contributed by atoms with E-state index >= 15 is 0 Å². The average Bonchev–Trinajstić information content (AvgIpc) is 2.87. The third-order valence-electron chi connectivity index (χ3n) is 9.95. The SMILES string of the molecule is CC(=O)O[C@@]12CO[C@H]1C[C@H](O)[C@]1(C)C(=O)[C@H](O)C3=C(C)[C@H](O)C[C@@](O)([C@@H](OC(=O)c4ccccc4)C21)C3(C)C. The van der Waals surface area contributed by atoms with Crippen LogP contribution in [-0.2, 0) is 23.8 Å². The van der Waals surface area contributed by atoms with E-state index in [0.717, 1.165) is 0 Å². The highest BCUT2D eigenvalue weighted by molar-refractivity contribution is 5.94. The van der Waals surface area contributed by atoms with E-state index in [0.29, 0.717) is 5.57 Å². The molecule has 2 bridgehead atoms. The predicted molar refractivity (Wildman–Crippen MR) is 135 cm³/mol. The van der Waals surface area contributed by atoms with Gasteiger partial charge >= 0.3 is 11.9 Å². The number of carbonyl (C=O) groups excluding carboxylic acids is 3. The van der Waals surface area contributed by atoms with Gasteiger partial charge in [-0.05, 0) is 37.1 Å². The lowest BCUT2D eigenvalue weighted by Crippen LogP contribution is -2.81. The van der Waals surface area contributed by atoms with Gasteiger partial charge in [-0.15, -0.1) is 0 Å². The molecule has 1 aromatic carbocycles. The number of aliphatic hydroxyl groups is 4. The number of Topliss-reactive ketones (excluding diaryl/α,β-unsaturated/α-hetero) is 1. The molecular weight excluding hydrogens is 508 g/mol. The molecule has 212 valence electrons. The van der Waals surface area contributed by atoms with Gasteiger partial charge in [0.2, 0.25) is 0 Å². The Labute approximate surface area is 226 Å². The van der Waals surface area contributed by atoms with Crippen LogP contribution in [0.4, 0.5) is 0 Å². The number of carbonyl (C=O) groups is 3. The van der Waals surface area contributed by atoms with E-state index < -0.39 is 76.2 Å². The van der Waals surface area contributed by atoms with Gasteiger partial charge in [0, 0.05) is 25.2 Å². The Morgan fingerprint density at radius 3 is 2.28 bits per heavy atom. The summed E-state index contributed by atoms with van der Waals surface area (Å²) in [7, 11) is 0. The van der Waals surface area contributed by atoms with Crippen LogP contribution in [0.3, 0.4) is 0 Å². The Morgan fingerprint density at radius 2 is 1.72 bits per heavy atom. The summed E-state index contributed by atoms with van der Waals surface area (Å²) in [4.78, 5) is 40.3. The molecule has 1 saturated heterocycles. The molecule has 3 fully saturated rings. The molecule has 4 aliphatic rings. The van der Waals surface area contributed by atoms with Crippen molar-refractivity contribution in [3.05, 3.63) is 47.0 Å². The molecule has 9 atom stereocenters. The van der Waals surface area contributed by atoms with E-state index in [1.54, 1.807) is 39.0 Å². The van der Waals surface area contributed by atoms with Crippen LogP contribution >= 0.6 is 0 Å². The summed E-state index contributed by atoms with van der Waals surface area (Å²) in [6, 6.07) is 8.08. The minimum absolute atomic E-state index is 0.0828. The number of aliphatic hydroxyl groups excluding tert-OH is 3. The molecule has 4 N–H and O–H groups in total. The molecule has 5 rings (SSSR count). The highest BCUT2D eigenvalue weighted by atomic mass is 16.6. The van der Waals surface area contributed by atoms with Crippen LogP contribution in [0.5, 0.6) is 0 Å². The van der Waals surface area contributed by atoms with Crippen molar-refractivity contribution >= 4 is 17.7 Å². The maximum Gasteiger partial charge on any atom is 0.338 e. The lowest BCUT2D eigenvalue weighted by molar-refractivity contribution is -0.345. The molecule has 0 spiro atoms. The van der Waals surface area contributed by atoms with Gasteiger partial charge in [0.15, 0.2) is 11.4 Å². The van der Waals surface area contributed by atoms with Crippen molar-refractivity contribution in [3.63, 3.8) is 0 Å². The molecule has 1 aromatic rings. The second-order valence-electron chi connectivity index (χ2n) is 12.2. The van der Waals surface area contributed by atoms with Gasteiger partial charge in [0.05, 0.1) is 35.7 Å². The fourth-order valence-corrected chi connectivity index (χ4v) is 7.66. The molecule has 1 heterocycles. The first-order chi connectivity index (χ1) is 18.1. The third-order valence-corrected chi connectivity index (χ3v) is 9.95. The maximum absolute atomic E-state index is 14.3. The fraction of sp³-hybridized carbons (Fsp3) is 0.621. The van der Waals surface area contributed by atoms with E-state index in [4.69, 9.17) is 14.2 Å². The second-order valence-corrected chi connectivity index (χ2v) is 12.2. The number of rotatable bonds is 3. The van der Waals surface area contributed by atoms with Crippen molar-refractivity contribution in [1.82, 2.24) is 0 Å². The molecule has 0 radical (unpaired) electrons. The number of esters is 2. The number of ether oxygens (including phenoxy) is 3. The van der Waals surface area contributed by atoms with Gasteiger partial charge in [-0.25, -0.2) is 4.79 Å². The lowest BCUT2D eigenvalue weighted by atomic mass is 9.44. The van der Waals surface area contributed by atoms with Crippen LogP contribution in [-0.4, -0.2) is 86.5 Å². The van der Waals surface area contributed by atoms with Crippen molar-refractivity contribution in [2.75, 3.05) is 6.61 Å². The normalized spacial score (nSPS) is 42.7. The summed E-state index contributed by atoms with van der Waals surface area (Å²) in [5.74, 6) is -3.60. The summed E-state index contributed by atoms with van der Waals surface area (Å²) < 4.78 is 17.7. The van der Waals surface area contributed by atoms with Crippen LogP contribution in [0.1, 0.15) is 57.8 Å². The Kier molecular flexibility index (Phi) is 6.40. The first-order valence-corrected chi connectivity index (χ1v) is 13.2. The number of ketones is 1. The number of hydrogen-bond donors (Lipinski definition) is 4. The van der Waals surface area contributed by atoms with Crippen molar-refractivity contribution in [3.8, 4) is 0 Å². The zero-order valence-corrected chi connectivity index (χ0v) is 22.7. The first kappa shape index (κ1) is 27.9. The van der Waals surface area contributed by atoms with Crippen LogP contribution in [0.15, 0.2) is 41.5 Å².